The second-order valence-electron chi connectivity index (χ2n) is 8.48. The van der Waals surface area contributed by atoms with Crippen LogP contribution in [0.4, 0.5) is 4.79 Å². The van der Waals surface area contributed by atoms with Crippen molar-refractivity contribution < 1.29 is 17.9 Å². The molecule has 1 aliphatic carbocycles. The number of benzene rings is 1. The van der Waals surface area contributed by atoms with Crippen LogP contribution in [0.2, 0.25) is 0 Å². The molecule has 3 aliphatic rings. The number of rotatable bonds is 4. The topological polar surface area (TPSA) is 79.0 Å². The molecule has 0 bridgehead atoms. The predicted octanol–water partition coefficient (Wildman–Crippen LogP) is 2.57. The molecule has 0 aromatic heterocycles. The molecule has 0 spiro atoms. The van der Waals surface area contributed by atoms with Crippen LogP contribution in [0, 0.1) is 5.92 Å². The Morgan fingerprint density at radius 3 is 2.48 bits per heavy atom. The molecule has 2 aliphatic heterocycles. The number of nitrogens with one attached hydrogen (secondary N) is 1. The Kier molecular flexibility index (Phi) is 6.01. The summed E-state index contributed by atoms with van der Waals surface area (Å²) in [5.74, 6) is 0.849. The van der Waals surface area contributed by atoms with E-state index in [1.54, 1.807) is 11.4 Å². The molecule has 7 nitrogen and oxygen atoms in total. The van der Waals surface area contributed by atoms with Gasteiger partial charge >= 0.3 is 6.03 Å². The Labute approximate surface area is 173 Å². The summed E-state index contributed by atoms with van der Waals surface area (Å²) >= 11 is 0. The Morgan fingerprint density at radius 1 is 1.10 bits per heavy atom. The third kappa shape index (κ3) is 4.38. The number of sulfonamides is 1. The lowest BCUT2D eigenvalue weighted by molar-refractivity contribution is 0.194. The molecule has 1 N–H and O–H groups in total. The number of urea groups is 1. The monoisotopic (exact) mass is 421 g/mol. The number of hydrogen-bond acceptors (Lipinski definition) is 4. The molecule has 0 radical (unpaired) electrons. The molecule has 160 valence electrons. The van der Waals surface area contributed by atoms with Crippen molar-refractivity contribution in [3.8, 4) is 5.75 Å². The number of hydrogen-bond donors (Lipinski definition) is 1. The van der Waals surface area contributed by atoms with Gasteiger partial charge in [0.1, 0.15) is 5.75 Å². The van der Waals surface area contributed by atoms with Crippen molar-refractivity contribution >= 4 is 16.1 Å². The van der Waals surface area contributed by atoms with E-state index >= 15 is 0 Å². The van der Waals surface area contributed by atoms with Gasteiger partial charge in [-0.15, -0.1) is 0 Å². The van der Waals surface area contributed by atoms with E-state index in [0.717, 1.165) is 30.6 Å². The van der Waals surface area contributed by atoms with Crippen LogP contribution in [0.25, 0.3) is 0 Å². The van der Waals surface area contributed by atoms with Gasteiger partial charge in [0, 0.05) is 32.2 Å². The summed E-state index contributed by atoms with van der Waals surface area (Å²) in [6.07, 6.45) is 5.72. The highest BCUT2D eigenvalue weighted by atomic mass is 32.2. The van der Waals surface area contributed by atoms with Gasteiger partial charge in [-0.05, 0) is 49.3 Å². The standard InChI is InChI=1S/C21H31N3O4S/c1-28-19-8-6-16(7-9-19)14-24-15-17-10-12-23(13-11-20(17)29(24,26)27)21(25)22-18-4-2-3-5-18/h6-9,17-18,20H,2-5,10-15H2,1H3,(H,22,25)/t17-,20-/m0/s1. The zero-order valence-electron chi connectivity index (χ0n) is 17.0. The number of methoxy groups -OCH3 is 1. The average Bonchev–Trinajstić information content (AvgIpc) is 3.22. The first-order valence-corrected chi connectivity index (χ1v) is 12.1. The molecule has 2 heterocycles. The summed E-state index contributed by atoms with van der Waals surface area (Å²) in [6, 6.07) is 7.81. The maximum Gasteiger partial charge on any atom is 0.317 e. The van der Waals surface area contributed by atoms with E-state index in [0.29, 0.717) is 32.6 Å². The van der Waals surface area contributed by atoms with Crippen LogP contribution < -0.4 is 10.1 Å². The van der Waals surface area contributed by atoms with E-state index < -0.39 is 10.0 Å². The SMILES string of the molecule is COc1ccc(CN2C[C@@H]3CCN(C(=O)NC4CCCC4)CC[C@@H]3S2(=O)=O)cc1. The third-order valence-electron chi connectivity index (χ3n) is 6.65. The first kappa shape index (κ1) is 20.5. The van der Waals surface area contributed by atoms with Crippen molar-refractivity contribution in [1.82, 2.24) is 14.5 Å². The van der Waals surface area contributed by atoms with Crippen LogP contribution in [0.15, 0.2) is 24.3 Å². The minimum absolute atomic E-state index is 0.0237. The van der Waals surface area contributed by atoms with Crippen LogP contribution in [-0.2, 0) is 16.6 Å². The van der Waals surface area contributed by atoms with Crippen LogP contribution >= 0.6 is 0 Å². The van der Waals surface area contributed by atoms with Gasteiger partial charge in [0.15, 0.2) is 0 Å². The van der Waals surface area contributed by atoms with Crippen molar-refractivity contribution in [2.75, 3.05) is 26.7 Å². The van der Waals surface area contributed by atoms with Crippen LogP contribution in [0.3, 0.4) is 0 Å². The fourth-order valence-electron chi connectivity index (χ4n) is 4.92. The summed E-state index contributed by atoms with van der Waals surface area (Å²) < 4.78 is 33.1. The Hall–Kier alpha value is -1.80. The average molecular weight is 422 g/mol. The zero-order valence-corrected chi connectivity index (χ0v) is 17.9. The third-order valence-corrected chi connectivity index (χ3v) is 9.03. The summed E-state index contributed by atoms with van der Waals surface area (Å²) in [7, 11) is -1.74. The molecular weight excluding hydrogens is 390 g/mol. The lowest BCUT2D eigenvalue weighted by atomic mass is 10.0. The highest BCUT2D eigenvalue weighted by Gasteiger charge is 2.47. The molecule has 2 atom stereocenters. The van der Waals surface area contributed by atoms with E-state index in [-0.39, 0.29) is 23.2 Å². The van der Waals surface area contributed by atoms with Gasteiger partial charge in [-0.3, -0.25) is 0 Å². The smallest absolute Gasteiger partial charge is 0.317 e. The second-order valence-corrected chi connectivity index (χ2v) is 10.6. The first-order valence-electron chi connectivity index (χ1n) is 10.6. The normalized spacial score (nSPS) is 27.4. The Bertz CT molecular complexity index is 821. The molecule has 2 saturated heterocycles. The summed E-state index contributed by atoms with van der Waals surface area (Å²) in [5, 5.41) is 2.75. The summed E-state index contributed by atoms with van der Waals surface area (Å²) in [4.78, 5) is 14.4. The van der Waals surface area contributed by atoms with E-state index in [1.165, 1.54) is 12.8 Å². The quantitative estimate of drug-likeness (QED) is 0.810. The number of likely N-dealkylation sites (tertiary alicyclic amines) is 1. The molecular formula is C21H31N3O4S. The molecule has 0 unspecified atom stereocenters. The van der Waals surface area contributed by atoms with Crippen LogP contribution in [0.5, 0.6) is 5.75 Å². The molecule has 2 amide bonds. The van der Waals surface area contributed by atoms with Crippen molar-refractivity contribution in [3.05, 3.63) is 29.8 Å². The largest absolute Gasteiger partial charge is 0.497 e. The van der Waals surface area contributed by atoms with Crippen molar-refractivity contribution in [1.29, 1.82) is 0 Å². The van der Waals surface area contributed by atoms with Gasteiger partial charge in [0.05, 0.1) is 12.4 Å². The van der Waals surface area contributed by atoms with Gasteiger partial charge in [-0.25, -0.2) is 13.2 Å². The second kappa shape index (κ2) is 8.52. The summed E-state index contributed by atoms with van der Waals surface area (Å²) in [5.41, 5.74) is 0.961. The van der Waals surface area contributed by atoms with Gasteiger partial charge in [0.2, 0.25) is 10.0 Å². The fraction of sp³-hybridized carbons (Fsp3) is 0.667. The van der Waals surface area contributed by atoms with E-state index in [2.05, 4.69) is 5.32 Å². The molecule has 3 fully saturated rings. The van der Waals surface area contributed by atoms with Gasteiger partial charge in [-0.2, -0.15) is 4.31 Å². The number of carbonyl (C=O) groups is 1. The van der Waals surface area contributed by atoms with E-state index in [9.17, 15) is 13.2 Å². The molecule has 1 aromatic rings. The molecule has 8 heteroatoms. The number of carbonyl (C=O) groups excluding carboxylic acids is 1. The lowest BCUT2D eigenvalue weighted by Crippen LogP contribution is -2.44. The van der Waals surface area contributed by atoms with Crippen molar-refractivity contribution in [2.45, 2.75) is 56.4 Å². The highest BCUT2D eigenvalue weighted by molar-refractivity contribution is 7.90. The number of ether oxygens (including phenoxy) is 1. The van der Waals surface area contributed by atoms with Crippen LogP contribution in [-0.4, -0.2) is 61.7 Å². The Balaban J connectivity index is 1.37. The molecule has 4 rings (SSSR count). The van der Waals surface area contributed by atoms with E-state index in [1.807, 2.05) is 29.2 Å². The van der Waals surface area contributed by atoms with Gasteiger partial charge in [-0.1, -0.05) is 25.0 Å². The first-order chi connectivity index (χ1) is 14.0. The zero-order chi connectivity index (χ0) is 20.4. The number of amides is 2. The van der Waals surface area contributed by atoms with Gasteiger partial charge < -0.3 is 15.0 Å². The summed E-state index contributed by atoms with van der Waals surface area (Å²) in [6.45, 7) is 2.07. The maximum absolute atomic E-state index is 13.1. The number of nitrogens with zero attached hydrogens (tertiary/aromatic N) is 2. The lowest BCUT2D eigenvalue weighted by Gasteiger charge is -2.24. The fourth-order valence-corrected chi connectivity index (χ4v) is 7.15. The highest BCUT2D eigenvalue weighted by Crippen LogP contribution is 2.35. The molecule has 1 aromatic carbocycles. The van der Waals surface area contributed by atoms with Gasteiger partial charge in [0.25, 0.3) is 0 Å². The van der Waals surface area contributed by atoms with Crippen molar-refractivity contribution in [2.24, 2.45) is 5.92 Å². The van der Waals surface area contributed by atoms with E-state index in [4.69, 9.17) is 4.74 Å². The molecule has 29 heavy (non-hydrogen) atoms. The number of fused-ring (bicyclic) bond motifs is 1. The van der Waals surface area contributed by atoms with Crippen molar-refractivity contribution in [3.63, 3.8) is 0 Å². The maximum atomic E-state index is 13.1. The minimum Gasteiger partial charge on any atom is -0.497 e. The Morgan fingerprint density at radius 2 is 1.79 bits per heavy atom. The predicted molar refractivity (Wildman–Crippen MR) is 111 cm³/mol. The molecule has 1 saturated carbocycles. The van der Waals surface area contributed by atoms with Crippen LogP contribution in [0.1, 0.15) is 44.1 Å². The minimum atomic E-state index is -3.35.